The largest absolute Gasteiger partial charge is 0.482 e. The number of rotatable bonds is 10. The predicted octanol–water partition coefficient (Wildman–Crippen LogP) is 7.96. The zero-order chi connectivity index (χ0) is 34.0. The summed E-state index contributed by atoms with van der Waals surface area (Å²) in [4.78, 5) is 11.7. The minimum Gasteiger partial charge on any atom is -0.482 e. The molecule has 4 aromatic rings. The van der Waals surface area contributed by atoms with E-state index in [-0.39, 0.29) is 22.8 Å². The molecule has 9 heteroatoms. The molecule has 1 N–H and O–H groups in total. The molecule has 250 valence electrons. The van der Waals surface area contributed by atoms with E-state index in [4.69, 9.17) is 14.2 Å². The van der Waals surface area contributed by atoms with Crippen molar-refractivity contribution >= 4 is 16.0 Å². The first kappa shape index (κ1) is 33.5. The standard InChI is InChI=1S/C39H41NO7S/c1-25(2)34-21-30-23-40(48(43,44)33-13-10-29(11-14-33)28-8-6-5-7-9-28)17-16-36(30)47-39(34)35-22-31(12-15-37(35)45-24-38(41)42)46-32-19-26(3)18-27(4)20-32/h5-15,18-20,22,30,34,36,39H,1,16-17,21,23-24H2,2-4H3,(H,41,42)/t30-,34+,36-,39-/m0/s1. The van der Waals surface area contributed by atoms with Gasteiger partial charge in [-0.25, -0.2) is 13.2 Å². The summed E-state index contributed by atoms with van der Waals surface area (Å²) in [6.45, 7) is 10.4. The van der Waals surface area contributed by atoms with Gasteiger partial charge in [0.2, 0.25) is 10.0 Å². The normalized spacial score (nSPS) is 21.2. The second-order valence-corrected chi connectivity index (χ2v) is 14.8. The molecule has 0 amide bonds. The van der Waals surface area contributed by atoms with Gasteiger partial charge in [-0.2, -0.15) is 4.31 Å². The summed E-state index contributed by atoms with van der Waals surface area (Å²) in [7, 11) is -3.72. The average Bonchev–Trinajstić information content (AvgIpc) is 3.06. The van der Waals surface area contributed by atoms with Crippen LogP contribution in [0.2, 0.25) is 0 Å². The number of hydrogen-bond acceptors (Lipinski definition) is 6. The average molecular weight is 668 g/mol. The zero-order valence-electron chi connectivity index (χ0n) is 27.5. The number of carboxylic acid groups (broad SMARTS) is 1. The molecule has 0 unspecified atom stereocenters. The zero-order valence-corrected chi connectivity index (χ0v) is 28.3. The Labute approximate surface area is 282 Å². The lowest BCUT2D eigenvalue weighted by molar-refractivity contribution is -0.139. The van der Waals surface area contributed by atoms with Crippen LogP contribution in [-0.4, -0.2) is 49.6 Å². The first-order valence-corrected chi connectivity index (χ1v) is 17.6. The van der Waals surface area contributed by atoms with Crippen molar-refractivity contribution in [1.82, 2.24) is 4.31 Å². The lowest BCUT2D eigenvalue weighted by Gasteiger charge is -2.47. The molecule has 4 aromatic carbocycles. The van der Waals surface area contributed by atoms with Gasteiger partial charge in [0.25, 0.3) is 0 Å². The number of aliphatic carboxylic acids is 1. The molecule has 0 bridgehead atoms. The van der Waals surface area contributed by atoms with Gasteiger partial charge in [0, 0.05) is 24.6 Å². The molecule has 2 fully saturated rings. The SMILES string of the molecule is C=C(C)[C@H]1C[C@H]2CN(S(=O)(=O)c3ccc(-c4ccccc4)cc3)CC[C@@H]2O[C@@H]1c1cc(Oc2cc(C)cc(C)c2)ccc1OCC(=O)O. The maximum absolute atomic E-state index is 13.8. The van der Waals surface area contributed by atoms with Crippen LogP contribution in [0.4, 0.5) is 0 Å². The predicted molar refractivity (Wildman–Crippen MR) is 185 cm³/mol. The maximum atomic E-state index is 13.8. The molecular weight excluding hydrogens is 626 g/mol. The number of hydrogen-bond donors (Lipinski definition) is 1. The summed E-state index contributed by atoms with van der Waals surface area (Å²) >= 11 is 0. The van der Waals surface area contributed by atoms with E-state index < -0.39 is 28.7 Å². The molecular formula is C39H41NO7S. The number of piperidine rings is 1. The Balaban J connectivity index is 1.24. The highest BCUT2D eigenvalue weighted by atomic mass is 32.2. The van der Waals surface area contributed by atoms with E-state index in [1.807, 2.05) is 81.4 Å². The van der Waals surface area contributed by atoms with Crippen molar-refractivity contribution in [3.05, 3.63) is 120 Å². The van der Waals surface area contributed by atoms with Crippen molar-refractivity contribution in [2.45, 2.75) is 50.7 Å². The third-order valence-corrected chi connectivity index (χ3v) is 11.1. The van der Waals surface area contributed by atoms with Crippen LogP contribution in [0.15, 0.2) is 108 Å². The third kappa shape index (κ3) is 7.33. The molecule has 0 saturated carbocycles. The number of ether oxygens (including phenoxy) is 3. The van der Waals surface area contributed by atoms with Gasteiger partial charge in [-0.05, 0) is 104 Å². The first-order valence-electron chi connectivity index (χ1n) is 16.2. The van der Waals surface area contributed by atoms with Crippen LogP contribution >= 0.6 is 0 Å². The van der Waals surface area contributed by atoms with Gasteiger partial charge in [0.15, 0.2) is 6.61 Å². The Morgan fingerprint density at radius 3 is 2.29 bits per heavy atom. The molecule has 48 heavy (non-hydrogen) atoms. The number of fused-ring (bicyclic) bond motifs is 1. The fourth-order valence-electron chi connectivity index (χ4n) is 6.89. The van der Waals surface area contributed by atoms with Crippen molar-refractivity contribution in [2.75, 3.05) is 19.7 Å². The molecule has 0 radical (unpaired) electrons. The summed E-state index contributed by atoms with van der Waals surface area (Å²) in [5, 5.41) is 9.36. The Morgan fingerprint density at radius 1 is 0.938 bits per heavy atom. The van der Waals surface area contributed by atoms with E-state index in [0.717, 1.165) is 27.8 Å². The lowest BCUT2D eigenvalue weighted by Crippen LogP contribution is -2.50. The number of carbonyl (C=O) groups is 1. The van der Waals surface area contributed by atoms with E-state index in [0.29, 0.717) is 48.7 Å². The van der Waals surface area contributed by atoms with E-state index >= 15 is 0 Å². The van der Waals surface area contributed by atoms with Crippen molar-refractivity contribution in [1.29, 1.82) is 0 Å². The summed E-state index contributed by atoms with van der Waals surface area (Å²) < 4.78 is 48.0. The van der Waals surface area contributed by atoms with Crippen molar-refractivity contribution in [2.24, 2.45) is 11.8 Å². The van der Waals surface area contributed by atoms with Gasteiger partial charge in [0.05, 0.1) is 17.1 Å². The smallest absolute Gasteiger partial charge is 0.341 e. The molecule has 2 aliphatic rings. The van der Waals surface area contributed by atoms with E-state index in [1.54, 1.807) is 28.6 Å². The molecule has 0 aromatic heterocycles. The van der Waals surface area contributed by atoms with Crippen LogP contribution in [0.25, 0.3) is 11.1 Å². The number of sulfonamides is 1. The first-order chi connectivity index (χ1) is 23.0. The molecule has 0 aliphatic carbocycles. The fraction of sp³-hybridized carbons (Fsp3) is 0.308. The molecule has 2 aliphatic heterocycles. The van der Waals surface area contributed by atoms with E-state index in [9.17, 15) is 18.3 Å². The summed E-state index contributed by atoms with van der Waals surface area (Å²) in [5.74, 6) is 0.376. The minimum atomic E-state index is -3.72. The second kappa shape index (κ2) is 14.0. The number of carboxylic acids is 1. The van der Waals surface area contributed by atoms with Crippen molar-refractivity contribution < 1.29 is 32.5 Å². The van der Waals surface area contributed by atoms with Crippen LogP contribution in [0, 0.1) is 25.7 Å². The van der Waals surface area contributed by atoms with E-state index in [1.165, 1.54) is 0 Å². The highest BCUT2D eigenvalue weighted by Crippen LogP contribution is 2.48. The third-order valence-electron chi connectivity index (χ3n) is 9.17. The Kier molecular flexibility index (Phi) is 9.73. The van der Waals surface area contributed by atoms with Gasteiger partial charge in [-0.15, -0.1) is 0 Å². The molecule has 0 spiro atoms. The number of aryl methyl sites for hydroxylation is 2. The Morgan fingerprint density at radius 2 is 1.62 bits per heavy atom. The lowest BCUT2D eigenvalue weighted by atomic mass is 9.76. The highest BCUT2D eigenvalue weighted by Gasteiger charge is 2.45. The number of benzene rings is 4. The molecule has 2 saturated heterocycles. The summed E-state index contributed by atoms with van der Waals surface area (Å²) in [5.41, 5.74) is 5.71. The van der Waals surface area contributed by atoms with Crippen LogP contribution in [0.5, 0.6) is 17.2 Å². The van der Waals surface area contributed by atoms with Gasteiger partial charge in [-0.3, -0.25) is 0 Å². The summed E-state index contributed by atoms with van der Waals surface area (Å²) in [6, 6.07) is 28.2. The minimum absolute atomic E-state index is 0.0480. The van der Waals surface area contributed by atoms with Crippen LogP contribution in [0.1, 0.15) is 42.6 Å². The Hall–Kier alpha value is -4.44. The van der Waals surface area contributed by atoms with Gasteiger partial charge >= 0.3 is 5.97 Å². The highest BCUT2D eigenvalue weighted by molar-refractivity contribution is 7.89. The van der Waals surface area contributed by atoms with Crippen LogP contribution in [0.3, 0.4) is 0 Å². The van der Waals surface area contributed by atoms with Gasteiger partial charge < -0.3 is 19.3 Å². The fourth-order valence-corrected chi connectivity index (χ4v) is 8.41. The van der Waals surface area contributed by atoms with Crippen molar-refractivity contribution in [3.63, 3.8) is 0 Å². The van der Waals surface area contributed by atoms with Crippen LogP contribution in [-0.2, 0) is 19.6 Å². The van der Waals surface area contributed by atoms with Crippen molar-refractivity contribution in [3.8, 4) is 28.4 Å². The number of nitrogens with zero attached hydrogens (tertiary/aromatic N) is 1. The monoisotopic (exact) mass is 667 g/mol. The molecule has 2 heterocycles. The quantitative estimate of drug-likeness (QED) is 0.171. The second-order valence-electron chi connectivity index (χ2n) is 12.9. The Bertz CT molecular complexity index is 1890. The topological polar surface area (TPSA) is 102 Å². The van der Waals surface area contributed by atoms with Crippen LogP contribution < -0.4 is 9.47 Å². The maximum Gasteiger partial charge on any atom is 0.341 e. The molecule has 6 rings (SSSR count). The molecule has 4 atom stereocenters. The molecule has 8 nitrogen and oxygen atoms in total. The van der Waals surface area contributed by atoms with Gasteiger partial charge in [0.1, 0.15) is 17.2 Å². The van der Waals surface area contributed by atoms with E-state index in [2.05, 4.69) is 12.6 Å². The van der Waals surface area contributed by atoms with Gasteiger partial charge in [-0.1, -0.05) is 60.7 Å². The summed E-state index contributed by atoms with van der Waals surface area (Å²) in [6.07, 6.45) is 0.498.